The molecule has 1 fully saturated rings. The first-order chi connectivity index (χ1) is 6.43. The Morgan fingerprint density at radius 3 is 2.64 bits per heavy atom. The van der Waals surface area contributed by atoms with Gasteiger partial charge in [-0.25, -0.2) is 0 Å². The molecule has 0 amide bonds. The third-order valence-electron chi connectivity index (χ3n) is 3.11. The molecule has 2 unspecified atom stereocenters. The highest BCUT2D eigenvalue weighted by molar-refractivity contribution is 4.88. The van der Waals surface area contributed by atoms with Crippen molar-refractivity contribution in [1.29, 1.82) is 0 Å². The van der Waals surface area contributed by atoms with Crippen molar-refractivity contribution in [3.63, 3.8) is 0 Å². The van der Waals surface area contributed by atoms with E-state index in [1.165, 1.54) is 6.42 Å². The Kier molecular flexibility index (Phi) is 3.96. The molecule has 2 heteroatoms. The number of rotatable bonds is 3. The molecule has 1 rings (SSSR count). The molecule has 0 saturated heterocycles. The van der Waals surface area contributed by atoms with Crippen LogP contribution in [-0.2, 0) is 4.74 Å². The maximum absolute atomic E-state index is 10.1. The molecular formula is C12H24O2. The van der Waals surface area contributed by atoms with Crippen LogP contribution in [0.25, 0.3) is 0 Å². The molecule has 84 valence electrons. The molecular weight excluding hydrogens is 176 g/mol. The van der Waals surface area contributed by atoms with Gasteiger partial charge in [-0.15, -0.1) is 0 Å². The molecule has 14 heavy (non-hydrogen) atoms. The van der Waals surface area contributed by atoms with Crippen molar-refractivity contribution in [2.24, 2.45) is 11.3 Å². The number of aliphatic hydroxyl groups is 1. The maximum Gasteiger partial charge on any atom is 0.0852 e. The highest BCUT2D eigenvalue weighted by Crippen LogP contribution is 2.36. The third-order valence-corrected chi connectivity index (χ3v) is 3.11. The zero-order valence-corrected chi connectivity index (χ0v) is 9.92. The topological polar surface area (TPSA) is 29.5 Å². The van der Waals surface area contributed by atoms with Crippen LogP contribution in [0.2, 0.25) is 0 Å². The first-order valence-electron chi connectivity index (χ1n) is 5.73. The number of hydrogen-bond donors (Lipinski definition) is 1. The highest BCUT2D eigenvalue weighted by Gasteiger charge is 2.38. The Balaban J connectivity index is 2.44. The first kappa shape index (κ1) is 12.0. The van der Waals surface area contributed by atoms with E-state index in [1.54, 1.807) is 0 Å². The summed E-state index contributed by atoms with van der Waals surface area (Å²) < 4.78 is 5.74. The molecule has 0 aromatic carbocycles. The van der Waals surface area contributed by atoms with Crippen LogP contribution < -0.4 is 0 Å². The van der Waals surface area contributed by atoms with Gasteiger partial charge >= 0.3 is 0 Å². The van der Waals surface area contributed by atoms with Crippen LogP contribution >= 0.6 is 0 Å². The molecule has 0 aromatic heterocycles. The first-order valence-corrected chi connectivity index (χ1v) is 5.73. The molecule has 2 atom stereocenters. The van der Waals surface area contributed by atoms with Gasteiger partial charge in [0.05, 0.1) is 12.2 Å². The predicted molar refractivity (Wildman–Crippen MR) is 58.2 cm³/mol. The minimum absolute atomic E-state index is 0.0277. The fourth-order valence-electron chi connectivity index (χ4n) is 2.06. The second-order valence-electron chi connectivity index (χ2n) is 5.59. The molecule has 0 aromatic rings. The summed E-state index contributed by atoms with van der Waals surface area (Å²) in [5.74, 6) is 0.548. The summed E-state index contributed by atoms with van der Waals surface area (Å²) in [5, 5.41) is 10.1. The van der Waals surface area contributed by atoms with Gasteiger partial charge in [-0.1, -0.05) is 34.1 Å². The second-order valence-corrected chi connectivity index (χ2v) is 5.59. The lowest BCUT2D eigenvalue weighted by Crippen LogP contribution is -2.44. The van der Waals surface area contributed by atoms with E-state index in [4.69, 9.17) is 4.74 Å². The van der Waals surface area contributed by atoms with Crippen LogP contribution in [0, 0.1) is 11.3 Å². The van der Waals surface area contributed by atoms with Crippen LogP contribution in [0.4, 0.5) is 0 Å². The third kappa shape index (κ3) is 2.96. The lowest BCUT2D eigenvalue weighted by molar-refractivity contribution is -0.117. The molecule has 2 nitrogen and oxygen atoms in total. The van der Waals surface area contributed by atoms with Gasteiger partial charge in [-0.05, 0) is 24.2 Å². The molecule has 0 aliphatic heterocycles. The zero-order chi connectivity index (χ0) is 10.8. The highest BCUT2D eigenvalue weighted by atomic mass is 16.5. The molecule has 0 heterocycles. The summed E-state index contributed by atoms with van der Waals surface area (Å²) in [7, 11) is 0. The standard InChI is InChI=1S/C12H24O2/c1-9(2)8-14-10-6-5-7-12(3,4)11(10)13/h9-11,13H,5-8H2,1-4H3. The summed E-state index contributed by atoms with van der Waals surface area (Å²) in [6, 6.07) is 0. The van der Waals surface area contributed by atoms with Gasteiger partial charge in [0, 0.05) is 6.61 Å². The summed E-state index contributed by atoms with van der Waals surface area (Å²) in [4.78, 5) is 0. The van der Waals surface area contributed by atoms with Crippen molar-refractivity contribution in [2.45, 2.75) is 59.2 Å². The fraction of sp³-hybridized carbons (Fsp3) is 1.00. The lowest BCUT2D eigenvalue weighted by atomic mass is 9.73. The monoisotopic (exact) mass is 200 g/mol. The number of ether oxygens (including phenoxy) is 1. The maximum atomic E-state index is 10.1. The fourth-order valence-corrected chi connectivity index (χ4v) is 2.06. The minimum Gasteiger partial charge on any atom is -0.390 e. The molecule has 1 N–H and O–H groups in total. The van der Waals surface area contributed by atoms with Gasteiger partial charge in [-0.2, -0.15) is 0 Å². The van der Waals surface area contributed by atoms with E-state index in [0.717, 1.165) is 19.4 Å². The molecule has 0 radical (unpaired) electrons. The van der Waals surface area contributed by atoms with Crippen molar-refractivity contribution in [3.8, 4) is 0 Å². The second kappa shape index (κ2) is 4.63. The average Bonchev–Trinajstić information content (AvgIpc) is 2.07. The van der Waals surface area contributed by atoms with E-state index in [9.17, 15) is 5.11 Å². The summed E-state index contributed by atoms with van der Waals surface area (Å²) >= 11 is 0. The van der Waals surface area contributed by atoms with Crippen LogP contribution in [0.1, 0.15) is 47.0 Å². The Morgan fingerprint density at radius 1 is 1.43 bits per heavy atom. The van der Waals surface area contributed by atoms with Crippen molar-refractivity contribution in [2.75, 3.05) is 6.61 Å². The van der Waals surface area contributed by atoms with Crippen LogP contribution in [0.15, 0.2) is 0 Å². The largest absolute Gasteiger partial charge is 0.390 e. The van der Waals surface area contributed by atoms with Crippen molar-refractivity contribution < 1.29 is 9.84 Å². The molecule has 0 spiro atoms. The van der Waals surface area contributed by atoms with E-state index < -0.39 is 0 Å². The van der Waals surface area contributed by atoms with Gasteiger partial charge in [0.1, 0.15) is 0 Å². The summed E-state index contributed by atoms with van der Waals surface area (Å²) in [6.45, 7) is 9.30. The number of aliphatic hydroxyl groups excluding tert-OH is 1. The predicted octanol–water partition coefficient (Wildman–Crippen LogP) is 2.60. The van der Waals surface area contributed by atoms with Crippen molar-refractivity contribution >= 4 is 0 Å². The van der Waals surface area contributed by atoms with Gasteiger partial charge in [-0.3, -0.25) is 0 Å². The summed E-state index contributed by atoms with van der Waals surface area (Å²) in [5.41, 5.74) is 0.0277. The normalized spacial score (nSPS) is 32.1. The van der Waals surface area contributed by atoms with Crippen LogP contribution in [-0.4, -0.2) is 23.9 Å². The number of hydrogen-bond acceptors (Lipinski definition) is 2. The van der Waals surface area contributed by atoms with E-state index in [2.05, 4.69) is 27.7 Å². The van der Waals surface area contributed by atoms with Gasteiger partial charge in [0.15, 0.2) is 0 Å². The molecule has 0 bridgehead atoms. The Bertz CT molecular complexity index is 175. The molecule has 1 aliphatic rings. The molecule has 1 saturated carbocycles. The Labute approximate surface area is 87.7 Å². The quantitative estimate of drug-likeness (QED) is 0.759. The van der Waals surface area contributed by atoms with Gasteiger partial charge in [0.25, 0.3) is 0 Å². The molecule has 1 aliphatic carbocycles. The summed E-state index contributed by atoms with van der Waals surface area (Å²) in [6.07, 6.45) is 3.05. The lowest BCUT2D eigenvalue weighted by Gasteiger charge is -2.40. The smallest absolute Gasteiger partial charge is 0.0852 e. The zero-order valence-electron chi connectivity index (χ0n) is 9.92. The van der Waals surface area contributed by atoms with Gasteiger partial charge < -0.3 is 9.84 Å². The minimum atomic E-state index is -0.296. The van der Waals surface area contributed by atoms with E-state index in [0.29, 0.717) is 5.92 Å². The van der Waals surface area contributed by atoms with Crippen molar-refractivity contribution in [1.82, 2.24) is 0 Å². The van der Waals surface area contributed by atoms with E-state index in [1.807, 2.05) is 0 Å². The SMILES string of the molecule is CC(C)COC1CCCC(C)(C)C1O. The van der Waals surface area contributed by atoms with E-state index in [-0.39, 0.29) is 17.6 Å². The Hall–Kier alpha value is -0.0800. The van der Waals surface area contributed by atoms with E-state index >= 15 is 0 Å². The van der Waals surface area contributed by atoms with Crippen LogP contribution in [0.3, 0.4) is 0 Å². The van der Waals surface area contributed by atoms with Crippen molar-refractivity contribution in [3.05, 3.63) is 0 Å². The average molecular weight is 200 g/mol. The Morgan fingerprint density at radius 2 is 2.07 bits per heavy atom. The van der Waals surface area contributed by atoms with Gasteiger partial charge in [0.2, 0.25) is 0 Å². The van der Waals surface area contributed by atoms with Crippen LogP contribution in [0.5, 0.6) is 0 Å².